The van der Waals surface area contributed by atoms with Crippen molar-refractivity contribution in [2.24, 2.45) is 0 Å². The van der Waals surface area contributed by atoms with Crippen molar-refractivity contribution in [1.82, 2.24) is 4.90 Å². The van der Waals surface area contributed by atoms with E-state index >= 15 is 0 Å². The highest BCUT2D eigenvalue weighted by atomic mass is 16.3. The zero-order valence-electron chi connectivity index (χ0n) is 15.0. The van der Waals surface area contributed by atoms with Gasteiger partial charge in [0.25, 0.3) is 5.91 Å². The van der Waals surface area contributed by atoms with E-state index in [0.29, 0.717) is 32.4 Å². The van der Waals surface area contributed by atoms with E-state index in [9.17, 15) is 19.8 Å². The number of aromatic hydroxyl groups is 2. The Morgan fingerprint density at radius 3 is 2.52 bits per heavy atom. The van der Waals surface area contributed by atoms with Crippen LogP contribution in [0.5, 0.6) is 11.5 Å². The summed E-state index contributed by atoms with van der Waals surface area (Å²) in [6.07, 6.45) is 2.67. The van der Waals surface area contributed by atoms with Crippen LogP contribution in [-0.4, -0.2) is 46.1 Å². The second kappa shape index (κ2) is 6.95. The van der Waals surface area contributed by atoms with Crippen molar-refractivity contribution in [1.29, 1.82) is 0 Å². The number of phenolic OH excluding ortho intramolecular Hbond substituents is 2. The summed E-state index contributed by atoms with van der Waals surface area (Å²) < 4.78 is 0. The summed E-state index contributed by atoms with van der Waals surface area (Å²) in [5.41, 5.74) is 2.29. The molecule has 6 heteroatoms. The molecule has 0 aliphatic carbocycles. The van der Waals surface area contributed by atoms with Gasteiger partial charge in [-0.05, 0) is 49.1 Å². The van der Waals surface area contributed by atoms with Crippen molar-refractivity contribution in [3.8, 4) is 11.5 Å². The molecular weight excluding hydrogens is 344 g/mol. The maximum absolute atomic E-state index is 12.7. The summed E-state index contributed by atoms with van der Waals surface area (Å²) >= 11 is 0. The Morgan fingerprint density at radius 1 is 1.00 bits per heavy atom. The smallest absolute Gasteiger partial charge is 0.257 e. The van der Waals surface area contributed by atoms with Gasteiger partial charge in [0.2, 0.25) is 5.91 Å². The van der Waals surface area contributed by atoms with Crippen LogP contribution >= 0.6 is 0 Å². The molecule has 2 aliphatic rings. The van der Waals surface area contributed by atoms with Gasteiger partial charge >= 0.3 is 0 Å². The third kappa shape index (κ3) is 3.23. The first-order chi connectivity index (χ1) is 13.0. The lowest BCUT2D eigenvalue weighted by Crippen LogP contribution is -2.50. The Balaban J connectivity index is 1.49. The monoisotopic (exact) mass is 366 g/mol. The number of aryl methyl sites for hydroxylation is 1. The van der Waals surface area contributed by atoms with Gasteiger partial charge in [-0.2, -0.15) is 0 Å². The number of benzene rings is 2. The van der Waals surface area contributed by atoms with Crippen LogP contribution in [-0.2, 0) is 11.2 Å². The first kappa shape index (κ1) is 17.4. The molecule has 2 aromatic carbocycles. The topological polar surface area (TPSA) is 81.1 Å². The van der Waals surface area contributed by atoms with Crippen molar-refractivity contribution in [3.05, 3.63) is 53.6 Å². The lowest BCUT2D eigenvalue weighted by Gasteiger charge is -2.41. The molecule has 0 aromatic heterocycles. The number of fused-ring (bicyclic) bond motifs is 1. The third-order valence-corrected chi connectivity index (χ3v) is 5.46. The fourth-order valence-electron chi connectivity index (χ4n) is 4.05. The number of para-hydroxylation sites is 1. The molecule has 4 rings (SSSR count). The summed E-state index contributed by atoms with van der Waals surface area (Å²) in [4.78, 5) is 28.8. The quantitative estimate of drug-likeness (QED) is 0.801. The van der Waals surface area contributed by atoms with E-state index < -0.39 is 0 Å². The Bertz CT molecular complexity index is 888. The molecule has 0 radical (unpaired) electrons. The van der Waals surface area contributed by atoms with Gasteiger partial charge < -0.3 is 20.0 Å². The molecule has 2 aromatic rings. The number of phenols is 2. The van der Waals surface area contributed by atoms with E-state index in [1.807, 2.05) is 23.1 Å². The fourth-order valence-corrected chi connectivity index (χ4v) is 4.05. The van der Waals surface area contributed by atoms with Gasteiger partial charge in [0.05, 0.1) is 5.56 Å². The second-order valence-electron chi connectivity index (χ2n) is 7.12. The van der Waals surface area contributed by atoms with Gasteiger partial charge in [-0.15, -0.1) is 0 Å². The van der Waals surface area contributed by atoms with Crippen LogP contribution in [0.2, 0.25) is 0 Å². The molecule has 0 unspecified atom stereocenters. The summed E-state index contributed by atoms with van der Waals surface area (Å²) in [5, 5.41) is 19.5. The zero-order valence-corrected chi connectivity index (χ0v) is 15.0. The molecule has 0 atom stereocenters. The summed E-state index contributed by atoms with van der Waals surface area (Å²) in [6, 6.07) is 12.0. The number of anilines is 1. The summed E-state index contributed by atoms with van der Waals surface area (Å²) in [7, 11) is 0. The summed E-state index contributed by atoms with van der Waals surface area (Å²) in [5.74, 6) is -0.349. The van der Waals surface area contributed by atoms with Crippen LogP contribution < -0.4 is 4.90 Å². The van der Waals surface area contributed by atoms with E-state index in [1.54, 1.807) is 4.90 Å². The van der Waals surface area contributed by atoms with Crippen molar-refractivity contribution >= 4 is 17.5 Å². The minimum atomic E-state index is -0.299. The van der Waals surface area contributed by atoms with E-state index in [2.05, 4.69) is 6.07 Å². The van der Waals surface area contributed by atoms with Crippen molar-refractivity contribution in [3.63, 3.8) is 0 Å². The largest absolute Gasteiger partial charge is 0.508 e. The third-order valence-electron chi connectivity index (χ3n) is 5.46. The Morgan fingerprint density at radius 2 is 1.74 bits per heavy atom. The highest BCUT2D eigenvalue weighted by Gasteiger charge is 2.34. The van der Waals surface area contributed by atoms with Crippen LogP contribution in [0.25, 0.3) is 0 Å². The Hall–Kier alpha value is -3.02. The highest BCUT2D eigenvalue weighted by Crippen LogP contribution is 2.33. The molecule has 0 spiro atoms. The van der Waals surface area contributed by atoms with Gasteiger partial charge in [-0.25, -0.2) is 0 Å². The Kier molecular flexibility index (Phi) is 4.48. The minimum absolute atomic E-state index is 0.0541. The number of amides is 2. The van der Waals surface area contributed by atoms with Gasteiger partial charge in [-0.1, -0.05) is 18.2 Å². The average Bonchev–Trinajstić information content (AvgIpc) is 2.69. The zero-order chi connectivity index (χ0) is 19.0. The van der Waals surface area contributed by atoms with E-state index in [4.69, 9.17) is 0 Å². The molecule has 27 heavy (non-hydrogen) atoms. The molecule has 0 saturated carbocycles. The average molecular weight is 366 g/mol. The fraction of sp³-hybridized carbons (Fsp3) is 0.333. The number of nitrogens with zero attached hydrogens (tertiary/aromatic N) is 2. The molecular formula is C21H22N2O4. The van der Waals surface area contributed by atoms with Gasteiger partial charge in [-0.3, -0.25) is 9.59 Å². The van der Waals surface area contributed by atoms with E-state index in [1.165, 1.54) is 23.8 Å². The molecule has 6 nitrogen and oxygen atoms in total. The van der Waals surface area contributed by atoms with Crippen LogP contribution in [0.15, 0.2) is 42.5 Å². The predicted molar refractivity (Wildman–Crippen MR) is 101 cm³/mol. The number of hydrogen-bond donors (Lipinski definition) is 2. The Labute approximate surface area is 157 Å². The minimum Gasteiger partial charge on any atom is -0.508 e. The predicted octanol–water partition coefficient (Wildman–Crippen LogP) is 2.68. The van der Waals surface area contributed by atoms with Gasteiger partial charge in [0, 0.05) is 31.2 Å². The normalized spacial score (nSPS) is 17.7. The van der Waals surface area contributed by atoms with Crippen molar-refractivity contribution < 1.29 is 19.8 Å². The maximum atomic E-state index is 12.7. The first-order valence-corrected chi connectivity index (χ1v) is 9.26. The number of likely N-dealkylation sites (tertiary alicyclic amines) is 1. The van der Waals surface area contributed by atoms with Crippen molar-refractivity contribution in [2.75, 3.05) is 18.0 Å². The van der Waals surface area contributed by atoms with E-state index in [0.717, 1.165) is 12.1 Å². The van der Waals surface area contributed by atoms with Crippen molar-refractivity contribution in [2.45, 2.75) is 31.7 Å². The lowest BCUT2D eigenvalue weighted by molar-refractivity contribution is -0.119. The molecule has 2 amide bonds. The number of piperidine rings is 1. The lowest BCUT2D eigenvalue weighted by atomic mass is 9.95. The molecule has 140 valence electrons. The number of hydrogen-bond acceptors (Lipinski definition) is 4. The molecule has 1 saturated heterocycles. The highest BCUT2D eigenvalue weighted by molar-refractivity contribution is 5.98. The molecule has 2 heterocycles. The molecule has 2 aliphatic heterocycles. The van der Waals surface area contributed by atoms with Gasteiger partial charge in [0.1, 0.15) is 11.5 Å². The molecule has 0 bridgehead atoms. The first-order valence-electron chi connectivity index (χ1n) is 9.26. The SMILES string of the molecule is O=C(c1cc(O)ccc1O)N1CCC(N2C(=O)CCc3ccccc32)CC1. The maximum Gasteiger partial charge on any atom is 0.257 e. The van der Waals surface area contributed by atoms with Crippen LogP contribution in [0.1, 0.15) is 35.2 Å². The standard InChI is InChI=1S/C21H22N2O4/c24-16-6-7-19(25)17(13-16)21(27)22-11-9-15(10-12-22)23-18-4-2-1-3-14(18)5-8-20(23)26/h1-4,6-7,13,15,24-25H,5,8-12H2. The van der Waals surface area contributed by atoms with Crippen LogP contribution in [0.4, 0.5) is 5.69 Å². The number of carbonyl (C=O) groups excluding carboxylic acids is 2. The number of rotatable bonds is 2. The van der Waals surface area contributed by atoms with Crippen LogP contribution in [0.3, 0.4) is 0 Å². The van der Waals surface area contributed by atoms with Gasteiger partial charge in [0.15, 0.2) is 0 Å². The number of carbonyl (C=O) groups is 2. The second-order valence-corrected chi connectivity index (χ2v) is 7.12. The van der Waals surface area contributed by atoms with E-state index in [-0.39, 0.29) is 34.9 Å². The molecule has 1 fully saturated rings. The summed E-state index contributed by atoms with van der Waals surface area (Å²) in [6.45, 7) is 1.01. The van der Waals surface area contributed by atoms with Crippen LogP contribution in [0, 0.1) is 0 Å². The molecule has 2 N–H and O–H groups in total.